The minimum absolute atomic E-state index is 0.321. The van der Waals surface area contributed by atoms with E-state index in [9.17, 15) is 18.0 Å². The van der Waals surface area contributed by atoms with Gasteiger partial charge in [-0.3, -0.25) is 4.79 Å². The van der Waals surface area contributed by atoms with Gasteiger partial charge in [0.2, 0.25) is 0 Å². The smallest absolute Gasteiger partial charge is 0.416 e. The number of ether oxygens (including phenoxy) is 2. The van der Waals surface area contributed by atoms with E-state index in [0.29, 0.717) is 35.8 Å². The normalized spacial score (nSPS) is 14.0. The number of hydrogen-bond donors (Lipinski definition) is 1. The lowest BCUT2D eigenvalue weighted by atomic mass is 9.92. The number of alkyl halides is 3. The molecule has 0 aliphatic carbocycles. The standard InChI is InChI=1S/C19H18F3NO3/c1-18(2,12-6-8-13(9-7-12)19(20,21)22)23-17(24)14-4-3-5-15-16(14)26-11-10-25-15/h3-9H,10-11H2,1-2H3,(H,23,24). The van der Waals surface area contributed by atoms with Gasteiger partial charge in [0.05, 0.1) is 16.7 Å². The van der Waals surface area contributed by atoms with Gasteiger partial charge in [-0.2, -0.15) is 13.2 Å². The van der Waals surface area contributed by atoms with Crippen LogP contribution in [0.25, 0.3) is 0 Å². The monoisotopic (exact) mass is 365 g/mol. The molecule has 0 unspecified atom stereocenters. The molecule has 1 aliphatic heterocycles. The summed E-state index contributed by atoms with van der Waals surface area (Å²) in [6.07, 6.45) is -4.40. The third kappa shape index (κ3) is 3.61. The molecule has 138 valence electrons. The van der Waals surface area contributed by atoms with Gasteiger partial charge in [0.25, 0.3) is 5.91 Å². The van der Waals surface area contributed by atoms with Crippen molar-refractivity contribution in [3.05, 3.63) is 59.2 Å². The van der Waals surface area contributed by atoms with Crippen molar-refractivity contribution in [2.75, 3.05) is 13.2 Å². The molecule has 3 rings (SSSR count). The molecular formula is C19H18F3NO3. The molecule has 1 aliphatic rings. The molecule has 1 N–H and O–H groups in total. The van der Waals surface area contributed by atoms with E-state index >= 15 is 0 Å². The number of para-hydroxylation sites is 1. The maximum atomic E-state index is 12.7. The van der Waals surface area contributed by atoms with E-state index in [0.717, 1.165) is 12.1 Å². The van der Waals surface area contributed by atoms with Gasteiger partial charge in [-0.25, -0.2) is 0 Å². The van der Waals surface area contributed by atoms with Gasteiger partial charge in [0.1, 0.15) is 13.2 Å². The predicted octanol–water partition coefficient (Wildman–Crippen LogP) is 4.14. The Bertz CT molecular complexity index is 814. The maximum absolute atomic E-state index is 12.7. The average molecular weight is 365 g/mol. The second-order valence-corrected chi connectivity index (χ2v) is 6.48. The third-order valence-corrected chi connectivity index (χ3v) is 4.17. The fourth-order valence-electron chi connectivity index (χ4n) is 2.75. The van der Waals surface area contributed by atoms with Crippen LogP contribution in [0.4, 0.5) is 13.2 Å². The molecule has 0 fully saturated rings. The highest BCUT2D eigenvalue weighted by molar-refractivity contribution is 5.98. The fraction of sp³-hybridized carbons (Fsp3) is 0.316. The summed E-state index contributed by atoms with van der Waals surface area (Å²) in [7, 11) is 0. The predicted molar refractivity (Wildman–Crippen MR) is 89.4 cm³/mol. The minimum Gasteiger partial charge on any atom is -0.486 e. The van der Waals surface area contributed by atoms with Crippen LogP contribution in [0.15, 0.2) is 42.5 Å². The molecule has 0 saturated carbocycles. The molecule has 2 aromatic rings. The van der Waals surface area contributed by atoms with Crippen molar-refractivity contribution in [1.82, 2.24) is 5.32 Å². The number of carbonyl (C=O) groups excluding carboxylic acids is 1. The van der Waals surface area contributed by atoms with Crippen LogP contribution in [-0.4, -0.2) is 19.1 Å². The summed E-state index contributed by atoms with van der Waals surface area (Å²) in [4.78, 5) is 12.7. The average Bonchev–Trinajstić information content (AvgIpc) is 2.60. The maximum Gasteiger partial charge on any atom is 0.416 e. The summed E-state index contributed by atoms with van der Waals surface area (Å²) < 4.78 is 49.1. The van der Waals surface area contributed by atoms with Crippen LogP contribution in [0, 0.1) is 0 Å². The molecule has 0 radical (unpaired) electrons. The first-order chi connectivity index (χ1) is 12.2. The lowest BCUT2D eigenvalue weighted by Crippen LogP contribution is -2.41. The Labute approximate surface area is 148 Å². The summed E-state index contributed by atoms with van der Waals surface area (Å²) in [5.41, 5.74) is -0.728. The Morgan fingerprint density at radius 3 is 2.23 bits per heavy atom. The molecule has 1 heterocycles. The summed E-state index contributed by atoms with van der Waals surface area (Å²) in [6.45, 7) is 4.20. The third-order valence-electron chi connectivity index (χ3n) is 4.17. The Balaban J connectivity index is 1.82. The van der Waals surface area contributed by atoms with Crippen LogP contribution >= 0.6 is 0 Å². The van der Waals surface area contributed by atoms with Crippen LogP contribution in [0.2, 0.25) is 0 Å². The van der Waals surface area contributed by atoms with Crippen LogP contribution in [0.5, 0.6) is 11.5 Å². The van der Waals surface area contributed by atoms with Crippen LogP contribution in [-0.2, 0) is 11.7 Å². The van der Waals surface area contributed by atoms with Crippen molar-refractivity contribution in [3.63, 3.8) is 0 Å². The highest BCUT2D eigenvalue weighted by Crippen LogP contribution is 2.35. The Morgan fingerprint density at radius 1 is 0.962 bits per heavy atom. The van der Waals surface area contributed by atoms with Crippen molar-refractivity contribution in [2.45, 2.75) is 25.6 Å². The van der Waals surface area contributed by atoms with Crippen molar-refractivity contribution in [2.24, 2.45) is 0 Å². The van der Waals surface area contributed by atoms with Gasteiger partial charge in [0, 0.05) is 0 Å². The highest BCUT2D eigenvalue weighted by Gasteiger charge is 2.32. The van der Waals surface area contributed by atoms with Crippen molar-refractivity contribution in [1.29, 1.82) is 0 Å². The Kier molecular flexibility index (Phi) is 4.56. The molecule has 1 amide bonds. The van der Waals surface area contributed by atoms with Crippen LogP contribution in [0.1, 0.15) is 35.3 Å². The van der Waals surface area contributed by atoms with Crippen molar-refractivity contribution >= 4 is 5.91 Å². The first-order valence-electron chi connectivity index (χ1n) is 8.07. The second-order valence-electron chi connectivity index (χ2n) is 6.48. The topological polar surface area (TPSA) is 47.6 Å². The number of nitrogens with one attached hydrogen (secondary N) is 1. The molecule has 0 bridgehead atoms. The number of hydrogen-bond acceptors (Lipinski definition) is 3. The number of rotatable bonds is 3. The molecule has 7 heteroatoms. The lowest BCUT2D eigenvalue weighted by Gasteiger charge is -2.28. The number of halogens is 3. The Hall–Kier alpha value is -2.70. The lowest BCUT2D eigenvalue weighted by molar-refractivity contribution is -0.137. The molecule has 0 aromatic heterocycles. The van der Waals surface area contributed by atoms with Crippen molar-refractivity contribution < 1.29 is 27.4 Å². The zero-order valence-corrected chi connectivity index (χ0v) is 14.3. The fourth-order valence-corrected chi connectivity index (χ4v) is 2.75. The zero-order chi connectivity index (χ0) is 18.9. The number of fused-ring (bicyclic) bond motifs is 1. The van der Waals surface area contributed by atoms with E-state index in [2.05, 4.69) is 5.32 Å². The van der Waals surface area contributed by atoms with Gasteiger partial charge >= 0.3 is 6.18 Å². The number of benzene rings is 2. The minimum atomic E-state index is -4.40. The molecule has 4 nitrogen and oxygen atoms in total. The highest BCUT2D eigenvalue weighted by atomic mass is 19.4. The molecular weight excluding hydrogens is 347 g/mol. The first-order valence-corrected chi connectivity index (χ1v) is 8.07. The van der Waals surface area contributed by atoms with E-state index in [4.69, 9.17) is 9.47 Å². The van der Waals surface area contributed by atoms with Gasteiger partial charge in [-0.1, -0.05) is 18.2 Å². The SMILES string of the molecule is CC(C)(NC(=O)c1cccc2c1OCCO2)c1ccc(C(F)(F)F)cc1. The summed E-state index contributed by atoms with van der Waals surface area (Å²) in [5.74, 6) is 0.480. The van der Waals surface area contributed by atoms with Gasteiger partial charge in [-0.05, 0) is 43.7 Å². The quantitative estimate of drug-likeness (QED) is 0.889. The second kappa shape index (κ2) is 6.55. The van der Waals surface area contributed by atoms with Gasteiger partial charge in [-0.15, -0.1) is 0 Å². The summed E-state index contributed by atoms with van der Waals surface area (Å²) in [6, 6.07) is 9.76. The number of carbonyl (C=O) groups is 1. The van der Waals surface area contributed by atoms with Gasteiger partial charge < -0.3 is 14.8 Å². The van der Waals surface area contributed by atoms with E-state index in [-0.39, 0.29) is 0 Å². The van der Waals surface area contributed by atoms with Crippen molar-refractivity contribution in [3.8, 4) is 11.5 Å². The van der Waals surface area contributed by atoms with Crippen LogP contribution < -0.4 is 14.8 Å². The van der Waals surface area contributed by atoms with E-state index < -0.39 is 23.2 Å². The zero-order valence-electron chi connectivity index (χ0n) is 14.3. The molecule has 2 aromatic carbocycles. The molecule has 0 atom stereocenters. The molecule has 0 spiro atoms. The van der Waals surface area contributed by atoms with E-state index in [1.54, 1.807) is 32.0 Å². The summed E-state index contributed by atoms with van der Waals surface area (Å²) in [5, 5.41) is 2.84. The van der Waals surface area contributed by atoms with E-state index in [1.807, 2.05) is 0 Å². The summed E-state index contributed by atoms with van der Waals surface area (Å²) >= 11 is 0. The van der Waals surface area contributed by atoms with E-state index in [1.165, 1.54) is 12.1 Å². The van der Waals surface area contributed by atoms with Gasteiger partial charge in [0.15, 0.2) is 11.5 Å². The largest absolute Gasteiger partial charge is 0.486 e. The molecule has 0 saturated heterocycles. The Morgan fingerprint density at radius 2 is 1.58 bits per heavy atom. The first kappa shape index (κ1) is 18.1. The number of amides is 1. The molecule has 26 heavy (non-hydrogen) atoms. The van der Waals surface area contributed by atoms with Crippen LogP contribution in [0.3, 0.4) is 0 Å².